The highest BCUT2D eigenvalue weighted by molar-refractivity contribution is 7.89. The lowest BCUT2D eigenvalue weighted by Crippen LogP contribution is -2.65. The molecule has 1 aliphatic carbocycles. The highest BCUT2D eigenvalue weighted by Gasteiger charge is 2.60. The first kappa shape index (κ1) is 23.8. The third-order valence-corrected chi connectivity index (χ3v) is 9.47. The molecule has 0 atom stereocenters. The summed E-state index contributed by atoms with van der Waals surface area (Å²) >= 11 is 0. The molecule has 2 aromatic carbocycles. The van der Waals surface area contributed by atoms with Crippen molar-refractivity contribution in [2.45, 2.75) is 56.1 Å². The molecule has 0 amide bonds. The minimum atomic E-state index is -4.89. The number of hydrogen-bond donors (Lipinski definition) is 1. The Hall–Kier alpha value is -2.33. The Bertz CT molecular complexity index is 1170. The molecule has 180 valence electrons. The second-order valence-corrected chi connectivity index (χ2v) is 11.1. The van der Waals surface area contributed by atoms with Crippen molar-refractivity contribution in [3.63, 3.8) is 0 Å². The number of alkyl halides is 3. The molecular weight excluding hydrogens is 460 g/mol. The van der Waals surface area contributed by atoms with Crippen LogP contribution in [0.25, 0.3) is 0 Å². The SMILES string of the molecule is CCC1(CC)CC2(CN(c3ccc(F)cc3)c3cc(C(F)(F)F)c(O)cc3S(=O)(=O)N2C)C1. The lowest BCUT2D eigenvalue weighted by atomic mass is 9.54. The van der Waals surface area contributed by atoms with E-state index in [1.54, 1.807) is 0 Å². The number of nitrogens with zero attached hydrogens (tertiary/aromatic N) is 2. The Morgan fingerprint density at radius 1 is 1.06 bits per heavy atom. The molecule has 4 rings (SSSR count). The quantitative estimate of drug-likeness (QED) is 0.569. The van der Waals surface area contributed by atoms with Gasteiger partial charge in [-0.05, 0) is 48.6 Å². The Balaban J connectivity index is 1.97. The van der Waals surface area contributed by atoms with E-state index in [0.29, 0.717) is 30.7 Å². The highest BCUT2D eigenvalue weighted by Crippen LogP contribution is 2.59. The summed E-state index contributed by atoms with van der Waals surface area (Å²) in [5.41, 5.74) is -2.07. The van der Waals surface area contributed by atoms with Crippen molar-refractivity contribution in [2.75, 3.05) is 18.5 Å². The standard InChI is InChI=1S/C23H26F4N2O3S/c1-4-21(5-2)12-22(13-21)14-29(16-8-6-15(24)7-9-16)18-10-17(23(25,26)27)19(30)11-20(18)33(31,32)28(22)3/h6-11,30H,4-5,12-14H2,1-3H3. The molecule has 1 heterocycles. The van der Waals surface area contributed by atoms with Crippen LogP contribution in [0.2, 0.25) is 0 Å². The molecule has 1 spiro atoms. The van der Waals surface area contributed by atoms with E-state index in [4.69, 9.17) is 0 Å². The molecule has 0 radical (unpaired) electrons. The molecule has 1 N–H and O–H groups in total. The number of aromatic hydroxyl groups is 1. The van der Waals surface area contributed by atoms with Crippen LogP contribution >= 0.6 is 0 Å². The van der Waals surface area contributed by atoms with Gasteiger partial charge in [0.15, 0.2) is 0 Å². The fourth-order valence-electron chi connectivity index (χ4n) is 5.36. The number of fused-ring (bicyclic) bond motifs is 1. The summed E-state index contributed by atoms with van der Waals surface area (Å²) < 4.78 is 82.9. The third-order valence-electron chi connectivity index (χ3n) is 7.48. The van der Waals surface area contributed by atoms with Crippen molar-refractivity contribution in [3.8, 4) is 5.75 Å². The van der Waals surface area contributed by atoms with Gasteiger partial charge in [0.25, 0.3) is 0 Å². The maximum atomic E-state index is 13.6. The Morgan fingerprint density at radius 3 is 2.15 bits per heavy atom. The number of phenolic OH excluding ortho intramolecular Hbond substituents is 1. The van der Waals surface area contributed by atoms with Gasteiger partial charge in [-0.25, -0.2) is 12.8 Å². The molecule has 2 aliphatic rings. The Kier molecular flexibility index (Phi) is 5.48. The van der Waals surface area contributed by atoms with E-state index in [-0.39, 0.29) is 17.6 Å². The van der Waals surface area contributed by atoms with Crippen molar-refractivity contribution >= 4 is 21.4 Å². The average Bonchev–Trinajstić information content (AvgIpc) is 2.79. The molecule has 10 heteroatoms. The number of benzene rings is 2. The molecule has 33 heavy (non-hydrogen) atoms. The number of rotatable bonds is 3. The zero-order valence-electron chi connectivity index (χ0n) is 18.6. The van der Waals surface area contributed by atoms with E-state index in [2.05, 4.69) is 0 Å². The first-order chi connectivity index (χ1) is 15.3. The van der Waals surface area contributed by atoms with Crippen molar-refractivity contribution in [1.82, 2.24) is 4.31 Å². The Labute approximate surface area is 190 Å². The van der Waals surface area contributed by atoms with Crippen molar-refractivity contribution in [2.24, 2.45) is 5.41 Å². The average molecular weight is 487 g/mol. The molecule has 1 fully saturated rings. The van der Waals surface area contributed by atoms with Gasteiger partial charge in [-0.2, -0.15) is 17.5 Å². The topological polar surface area (TPSA) is 60.9 Å². The van der Waals surface area contributed by atoms with Crippen molar-refractivity contribution in [1.29, 1.82) is 0 Å². The van der Waals surface area contributed by atoms with E-state index in [0.717, 1.165) is 12.8 Å². The molecule has 2 aromatic rings. The first-order valence-electron chi connectivity index (χ1n) is 10.7. The second-order valence-electron chi connectivity index (χ2n) is 9.15. The third kappa shape index (κ3) is 3.67. The number of likely N-dealkylation sites (N-methyl/N-ethyl adjacent to an activating group) is 1. The van der Waals surface area contributed by atoms with E-state index in [9.17, 15) is 31.1 Å². The molecule has 0 bridgehead atoms. The Morgan fingerprint density at radius 2 is 1.64 bits per heavy atom. The summed E-state index contributed by atoms with van der Waals surface area (Å²) in [7, 11) is -2.79. The molecule has 5 nitrogen and oxygen atoms in total. The van der Waals surface area contributed by atoms with Crippen molar-refractivity contribution in [3.05, 3.63) is 47.8 Å². The largest absolute Gasteiger partial charge is 0.507 e. The van der Waals surface area contributed by atoms with Crippen LogP contribution in [-0.2, 0) is 16.2 Å². The molecule has 0 unspecified atom stereocenters. The van der Waals surface area contributed by atoms with Crippen LogP contribution in [-0.4, -0.2) is 37.0 Å². The van der Waals surface area contributed by atoms with Crippen LogP contribution in [0.15, 0.2) is 41.3 Å². The van der Waals surface area contributed by atoms with Crippen LogP contribution < -0.4 is 4.90 Å². The maximum Gasteiger partial charge on any atom is 0.420 e. The predicted octanol–water partition coefficient (Wildman–Crippen LogP) is 5.66. The summed E-state index contributed by atoms with van der Waals surface area (Å²) in [5.74, 6) is -1.67. The molecule has 1 aliphatic heterocycles. The monoisotopic (exact) mass is 486 g/mol. The normalized spacial score (nSPS) is 21.4. The van der Waals surface area contributed by atoms with E-state index in [1.165, 1.54) is 40.5 Å². The number of anilines is 2. The number of hydrogen-bond acceptors (Lipinski definition) is 4. The smallest absolute Gasteiger partial charge is 0.420 e. The first-order valence-corrected chi connectivity index (χ1v) is 12.2. The molecule has 0 saturated heterocycles. The minimum Gasteiger partial charge on any atom is -0.507 e. The van der Waals surface area contributed by atoms with Gasteiger partial charge in [-0.1, -0.05) is 26.7 Å². The minimum absolute atomic E-state index is 0.0615. The van der Waals surface area contributed by atoms with Gasteiger partial charge < -0.3 is 10.0 Å². The summed E-state index contributed by atoms with van der Waals surface area (Å²) in [4.78, 5) is 1.09. The van der Waals surface area contributed by atoms with Crippen LogP contribution in [0.5, 0.6) is 5.75 Å². The van der Waals surface area contributed by atoms with Gasteiger partial charge in [0.1, 0.15) is 16.5 Å². The number of sulfonamides is 1. The van der Waals surface area contributed by atoms with Gasteiger partial charge >= 0.3 is 6.18 Å². The van der Waals surface area contributed by atoms with E-state index < -0.39 is 43.8 Å². The van der Waals surface area contributed by atoms with Crippen LogP contribution in [0.3, 0.4) is 0 Å². The lowest BCUT2D eigenvalue weighted by Gasteiger charge is -2.59. The maximum absolute atomic E-state index is 13.6. The highest BCUT2D eigenvalue weighted by atomic mass is 32.2. The number of halogens is 4. The van der Waals surface area contributed by atoms with Gasteiger partial charge in [0.2, 0.25) is 10.0 Å². The fraction of sp³-hybridized carbons (Fsp3) is 0.478. The van der Waals surface area contributed by atoms with Gasteiger partial charge in [-0.3, -0.25) is 0 Å². The summed E-state index contributed by atoms with van der Waals surface area (Å²) in [6, 6.07) is 6.53. The van der Waals surface area contributed by atoms with Gasteiger partial charge in [0.05, 0.1) is 16.8 Å². The zero-order chi connectivity index (χ0) is 24.4. The van der Waals surface area contributed by atoms with E-state index in [1.807, 2.05) is 13.8 Å². The van der Waals surface area contributed by atoms with Crippen LogP contribution in [0, 0.1) is 11.2 Å². The van der Waals surface area contributed by atoms with Crippen LogP contribution in [0.1, 0.15) is 45.1 Å². The summed E-state index contributed by atoms with van der Waals surface area (Å²) in [5, 5.41) is 10.1. The van der Waals surface area contributed by atoms with Crippen molar-refractivity contribution < 1.29 is 31.1 Å². The van der Waals surface area contributed by atoms with Gasteiger partial charge in [0, 0.05) is 25.3 Å². The summed E-state index contributed by atoms with van der Waals surface area (Å²) in [6.07, 6.45) is -2.09. The van der Waals surface area contributed by atoms with Crippen LogP contribution in [0.4, 0.5) is 28.9 Å². The fourth-order valence-corrected chi connectivity index (χ4v) is 7.05. The zero-order valence-corrected chi connectivity index (χ0v) is 19.4. The summed E-state index contributed by atoms with van der Waals surface area (Å²) in [6.45, 7) is 4.19. The van der Waals surface area contributed by atoms with Gasteiger partial charge in [-0.15, -0.1) is 0 Å². The lowest BCUT2D eigenvalue weighted by molar-refractivity contribution is -0.138. The molecule has 1 saturated carbocycles. The molecule has 0 aromatic heterocycles. The number of phenols is 1. The molecular formula is C23H26F4N2O3S. The predicted molar refractivity (Wildman–Crippen MR) is 116 cm³/mol. The second kappa shape index (κ2) is 7.59. The van der Waals surface area contributed by atoms with E-state index >= 15 is 0 Å².